The van der Waals surface area contributed by atoms with E-state index in [0.29, 0.717) is 19.4 Å². The Morgan fingerprint density at radius 2 is 1.82 bits per heavy atom. The summed E-state index contributed by atoms with van der Waals surface area (Å²) in [5, 5.41) is 0. The lowest BCUT2D eigenvalue weighted by Crippen LogP contribution is -2.05. The predicted octanol–water partition coefficient (Wildman–Crippen LogP) is 4.31. The number of methoxy groups -OCH3 is 1. The summed E-state index contributed by atoms with van der Waals surface area (Å²) in [4.78, 5) is 10.9. The molecule has 1 aromatic rings. The zero-order valence-electron chi connectivity index (χ0n) is 9.13. The average molecular weight is 431 g/mol. The van der Waals surface area contributed by atoms with Crippen LogP contribution in [0.3, 0.4) is 0 Å². The number of carbonyl (C=O) groups is 1. The van der Waals surface area contributed by atoms with Gasteiger partial charge in [-0.2, -0.15) is 0 Å². The lowest BCUT2D eigenvalue weighted by molar-refractivity contribution is -0.140. The van der Waals surface area contributed by atoms with Crippen LogP contribution in [-0.4, -0.2) is 19.7 Å². The molecule has 0 aliphatic carbocycles. The lowest BCUT2D eigenvalue weighted by atomic mass is 10.3. The standard InChI is InChI=1S/C11H11Br3O3/c1-16-10(15)3-2-4-17-11-8(13)5-7(12)6-9(11)14/h5-6H,2-4H2,1H3. The van der Waals surface area contributed by atoms with Crippen molar-refractivity contribution in [3.63, 3.8) is 0 Å². The first-order chi connectivity index (χ1) is 8.04. The van der Waals surface area contributed by atoms with E-state index in [2.05, 4.69) is 52.5 Å². The van der Waals surface area contributed by atoms with E-state index < -0.39 is 0 Å². The van der Waals surface area contributed by atoms with Crippen molar-refractivity contribution >= 4 is 53.8 Å². The Morgan fingerprint density at radius 3 is 2.35 bits per heavy atom. The highest BCUT2D eigenvalue weighted by atomic mass is 79.9. The summed E-state index contributed by atoms with van der Waals surface area (Å²) in [6, 6.07) is 3.81. The second-order valence-electron chi connectivity index (χ2n) is 3.23. The first kappa shape index (κ1) is 15.0. The Balaban J connectivity index is 2.50. The van der Waals surface area contributed by atoms with E-state index in [1.807, 2.05) is 12.1 Å². The zero-order chi connectivity index (χ0) is 12.8. The van der Waals surface area contributed by atoms with Crippen LogP contribution < -0.4 is 4.74 Å². The summed E-state index contributed by atoms with van der Waals surface area (Å²) in [6.07, 6.45) is 0.990. The molecule has 0 saturated heterocycles. The molecule has 0 bridgehead atoms. The third kappa shape index (κ3) is 4.97. The molecule has 0 spiro atoms. The Morgan fingerprint density at radius 1 is 1.24 bits per heavy atom. The monoisotopic (exact) mass is 428 g/mol. The third-order valence-corrected chi connectivity index (χ3v) is 3.60. The van der Waals surface area contributed by atoms with Gasteiger partial charge in [-0.3, -0.25) is 4.79 Å². The van der Waals surface area contributed by atoms with E-state index >= 15 is 0 Å². The topological polar surface area (TPSA) is 35.5 Å². The van der Waals surface area contributed by atoms with Gasteiger partial charge in [-0.15, -0.1) is 0 Å². The number of halogens is 3. The zero-order valence-corrected chi connectivity index (χ0v) is 13.9. The molecule has 0 radical (unpaired) electrons. The van der Waals surface area contributed by atoms with Crippen LogP contribution in [0.25, 0.3) is 0 Å². The fourth-order valence-electron chi connectivity index (χ4n) is 1.16. The molecule has 0 aliphatic heterocycles. The molecule has 3 nitrogen and oxygen atoms in total. The van der Waals surface area contributed by atoms with E-state index in [-0.39, 0.29) is 5.97 Å². The van der Waals surface area contributed by atoms with Crippen molar-refractivity contribution in [3.8, 4) is 5.75 Å². The number of esters is 1. The van der Waals surface area contributed by atoms with Gasteiger partial charge in [-0.05, 0) is 50.4 Å². The fraction of sp³-hybridized carbons (Fsp3) is 0.364. The summed E-state index contributed by atoms with van der Waals surface area (Å²) < 4.78 is 12.8. The molecule has 0 saturated carbocycles. The number of ether oxygens (including phenoxy) is 2. The maximum atomic E-state index is 10.9. The van der Waals surface area contributed by atoms with Gasteiger partial charge in [0.25, 0.3) is 0 Å². The molecule has 94 valence electrons. The molecule has 0 unspecified atom stereocenters. The van der Waals surface area contributed by atoms with Gasteiger partial charge in [0, 0.05) is 10.9 Å². The van der Waals surface area contributed by atoms with Crippen molar-refractivity contribution in [3.05, 3.63) is 25.6 Å². The van der Waals surface area contributed by atoms with Gasteiger partial charge in [0.1, 0.15) is 5.75 Å². The van der Waals surface area contributed by atoms with E-state index in [4.69, 9.17) is 4.74 Å². The van der Waals surface area contributed by atoms with Crippen LogP contribution in [0.2, 0.25) is 0 Å². The minimum Gasteiger partial charge on any atom is -0.491 e. The molecule has 0 heterocycles. The van der Waals surface area contributed by atoms with Gasteiger partial charge in [-0.1, -0.05) is 15.9 Å². The van der Waals surface area contributed by atoms with Gasteiger partial charge in [-0.25, -0.2) is 0 Å². The molecule has 0 aromatic heterocycles. The summed E-state index contributed by atoms with van der Waals surface area (Å²) in [7, 11) is 1.38. The van der Waals surface area contributed by atoms with Crippen LogP contribution in [-0.2, 0) is 9.53 Å². The second-order valence-corrected chi connectivity index (χ2v) is 5.85. The van der Waals surface area contributed by atoms with Gasteiger partial charge >= 0.3 is 5.97 Å². The number of hydrogen-bond donors (Lipinski definition) is 0. The molecular weight excluding hydrogens is 420 g/mol. The predicted molar refractivity (Wildman–Crippen MR) is 76.3 cm³/mol. The Bertz CT molecular complexity index is 384. The van der Waals surface area contributed by atoms with E-state index in [1.165, 1.54) is 7.11 Å². The fourth-order valence-corrected chi connectivity index (χ4v) is 3.65. The van der Waals surface area contributed by atoms with Crippen LogP contribution in [0.15, 0.2) is 25.6 Å². The van der Waals surface area contributed by atoms with Gasteiger partial charge in [0.2, 0.25) is 0 Å². The molecule has 1 aromatic carbocycles. The van der Waals surface area contributed by atoms with Crippen molar-refractivity contribution in [1.29, 1.82) is 0 Å². The van der Waals surface area contributed by atoms with Crippen molar-refractivity contribution in [1.82, 2.24) is 0 Å². The normalized spacial score (nSPS) is 10.1. The highest BCUT2D eigenvalue weighted by Gasteiger charge is 2.08. The summed E-state index contributed by atoms with van der Waals surface area (Å²) >= 11 is 10.2. The molecular formula is C11H11Br3O3. The minimum absolute atomic E-state index is 0.220. The number of hydrogen-bond acceptors (Lipinski definition) is 3. The smallest absolute Gasteiger partial charge is 0.305 e. The summed E-state index contributed by atoms with van der Waals surface area (Å²) in [5.74, 6) is 0.514. The van der Waals surface area contributed by atoms with Gasteiger partial charge < -0.3 is 9.47 Å². The third-order valence-electron chi connectivity index (χ3n) is 1.96. The first-order valence-electron chi connectivity index (χ1n) is 4.88. The van der Waals surface area contributed by atoms with Gasteiger partial charge in [0.05, 0.1) is 22.7 Å². The van der Waals surface area contributed by atoms with Crippen molar-refractivity contribution in [2.75, 3.05) is 13.7 Å². The van der Waals surface area contributed by atoms with Gasteiger partial charge in [0.15, 0.2) is 0 Å². The van der Waals surface area contributed by atoms with Crippen molar-refractivity contribution in [2.45, 2.75) is 12.8 Å². The molecule has 6 heteroatoms. The molecule has 0 aliphatic rings. The highest BCUT2D eigenvalue weighted by Crippen LogP contribution is 2.36. The maximum Gasteiger partial charge on any atom is 0.305 e. The van der Waals surface area contributed by atoms with E-state index in [9.17, 15) is 4.79 Å². The lowest BCUT2D eigenvalue weighted by Gasteiger charge is -2.10. The molecule has 0 N–H and O–H groups in total. The molecule has 1 rings (SSSR count). The second kappa shape index (κ2) is 7.38. The molecule has 0 atom stereocenters. The van der Waals surface area contributed by atoms with Crippen molar-refractivity contribution < 1.29 is 14.3 Å². The number of carbonyl (C=O) groups excluding carboxylic acids is 1. The Kier molecular flexibility index (Phi) is 6.51. The van der Waals surface area contributed by atoms with E-state index in [0.717, 1.165) is 19.2 Å². The SMILES string of the molecule is COC(=O)CCCOc1c(Br)cc(Br)cc1Br. The minimum atomic E-state index is -0.220. The quantitative estimate of drug-likeness (QED) is 0.516. The van der Waals surface area contributed by atoms with Crippen LogP contribution >= 0.6 is 47.8 Å². The molecule has 17 heavy (non-hydrogen) atoms. The Labute approximate surface area is 125 Å². The molecule has 0 amide bonds. The van der Waals surface area contributed by atoms with Crippen molar-refractivity contribution in [2.24, 2.45) is 0 Å². The van der Waals surface area contributed by atoms with Crippen LogP contribution in [0.5, 0.6) is 5.75 Å². The first-order valence-corrected chi connectivity index (χ1v) is 7.26. The summed E-state index contributed by atoms with van der Waals surface area (Å²) in [5.41, 5.74) is 0. The highest BCUT2D eigenvalue weighted by molar-refractivity contribution is 9.11. The van der Waals surface area contributed by atoms with E-state index in [1.54, 1.807) is 0 Å². The summed E-state index contributed by atoms with van der Waals surface area (Å²) in [6.45, 7) is 0.466. The molecule has 0 fully saturated rings. The Hall–Kier alpha value is -0.0700. The average Bonchev–Trinajstić information content (AvgIpc) is 2.26. The number of rotatable bonds is 5. The maximum absolute atomic E-state index is 10.9. The number of benzene rings is 1. The largest absolute Gasteiger partial charge is 0.491 e. The van der Waals surface area contributed by atoms with Crippen LogP contribution in [0, 0.1) is 0 Å². The van der Waals surface area contributed by atoms with Crippen LogP contribution in [0.1, 0.15) is 12.8 Å². The van der Waals surface area contributed by atoms with Crippen LogP contribution in [0.4, 0.5) is 0 Å².